The van der Waals surface area contributed by atoms with Crippen LogP contribution in [0.2, 0.25) is 5.02 Å². The zero-order valence-electron chi connectivity index (χ0n) is 18.7. The SMILES string of the molecule is C=C(C)NCCOCCOc1cc(NC(=O)c2ccc(-c3ccc(Cl)cc3)o2)cc(OC)c1. The molecule has 0 aliphatic carbocycles. The molecule has 174 valence electrons. The minimum Gasteiger partial charge on any atom is -0.497 e. The van der Waals surface area contributed by atoms with E-state index in [1.807, 2.05) is 19.1 Å². The Bertz CT molecular complexity index is 1080. The van der Waals surface area contributed by atoms with Crippen LogP contribution in [-0.2, 0) is 4.74 Å². The molecule has 1 aromatic heterocycles. The van der Waals surface area contributed by atoms with E-state index >= 15 is 0 Å². The number of benzene rings is 2. The van der Waals surface area contributed by atoms with Crippen molar-refractivity contribution >= 4 is 23.2 Å². The summed E-state index contributed by atoms with van der Waals surface area (Å²) in [5.41, 5.74) is 2.25. The van der Waals surface area contributed by atoms with E-state index < -0.39 is 0 Å². The highest BCUT2D eigenvalue weighted by molar-refractivity contribution is 6.30. The summed E-state index contributed by atoms with van der Waals surface area (Å²) in [6, 6.07) is 15.7. The number of hydrogen-bond donors (Lipinski definition) is 2. The van der Waals surface area contributed by atoms with Crippen LogP contribution in [0.3, 0.4) is 0 Å². The predicted molar refractivity (Wildman–Crippen MR) is 129 cm³/mol. The first-order valence-electron chi connectivity index (χ1n) is 10.4. The van der Waals surface area contributed by atoms with Crippen LogP contribution in [0.1, 0.15) is 17.5 Å². The molecule has 0 fully saturated rings. The first kappa shape index (κ1) is 24.2. The fraction of sp³-hybridized carbons (Fsp3) is 0.240. The highest BCUT2D eigenvalue weighted by atomic mass is 35.5. The maximum atomic E-state index is 12.7. The molecule has 0 bridgehead atoms. The van der Waals surface area contributed by atoms with Crippen LogP contribution >= 0.6 is 11.6 Å². The molecule has 0 aliphatic rings. The average Bonchev–Trinajstić information content (AvgIpc) is 3.29. The van der Waals surface area contributed by atoms with Crippen LogP contribution in [0, 0.1) is 0 Å². The summed E-state index contributed by atoms with van der Waals surface area (Å²) >= 11 is 5.93. The Morgan fingerprint density at radius 1 is 1.03 bits per heavy atom. The number of hydrogen-bond acceptors (Lipinski definition) is 6. The predicted octanol–water partition coefficient (Wildman–Crippen LogP) is 5.38. The van der Waals surface area contributed by atoms with Gasteiger partial charge in [0.25, 0.3) is 5.91 Å². The van der Waals surface area contributed by atoms with Crippen molar-refractivity contribution in [3.8, 4) is 22.8 Å². The second-order valence-corrected chi connectivity index (χ2v) is 7.63. The Morgan fingerprint density at radius 3 is 2.52 bits per heavy atom. The van der Waals surface area contributed by atoms with Gasteiger partial charge in [-0.1, -0.05) is 18.2 Å². The monoisotopic (exact) mass is 470 g/mol. The van der Waals surface area contributed by atoms with Crippen LogP contribution in [0.5, 0.6) is 11.5 Å². The highest BCUT2D eigenvalue weighted by Gasteiger charge is 2.14. The molecule has 3 rings (SSSR count). The van der Waals surface area contributed by atoms with E-state index in [1.54, 1.807) is 49.6 Å². The van der Waals surface area contributed by atoms with E-state index in [-0.39, 0.29) is 11.7 Å². The summed E-state index contributed by atoms with van der Waals surface area (Å²) in [5, 5.41) is 6.54. The maximum Gasteiger partial charge on any atom is 0.291 e. The molecule has 7 nitrogen and oxygen atoms in total. The van der Waals surface area contributed by atoms with Gasteiger partial charge in [0, 0.05) is 46.7 Å². The number of carbonyl (C=O) groups is 1. The van der Waals surface area contributed by atoms with Crippen LogP contribution in [0.4, 0.5) is 5.69 Å². The largest absolute Gasteiger partial charge is 0.497 e. The van der Waals surface area contributed by atoms with E-state index in [2.05, 4.69) is 17.2 Å². The van der Waals surface area contributed by atoms with Crippen molar-refractivity contribution in [2.75, 3.05) is 38.8 Å². The molecular weight excluding hydrogens is 444 g/mol. The normalized spacial score (nSPS) is 10.5. The first-order chi connectivity index (χ1) is 15.9. The van der Waals surface area contributed by atoms with Gasteiger partial charge in [-0.15, -0.1) is 0 Å². The lowest BCUT2D eigenvalue weighted by Crippen LogP contribution is -2.18. The third-order valence-corrected chi connectivity index (χ3v) is 4.75. The van der Waals surface area contributed by atoms with Crippen molar-refractivity contribution in [1.82, 2.24) is 5.32 Å². The Balaban J connectivity index is 1.57. The van der Waals surface area contributed by atoms with Gasteiger partial charge >= 0.3 is 0 Å². The molecule has 0 aliphatic heterocycles. The molecule has 0 saturated heterocycles. The average molecular weight is 471 g/mol. The smallest absolute Gasteiger partial charge is 0.291 e. The topological polar surface area (TPSA) is 82.0 Å². The second-order valence-electron chi connectivity index (χ2n) is 7.19. The fourth-order valence-corrected chi connectivity index (χ4v) is 3.05. The summed E-state index contributed by atoms with van der Waals surface area (Å²) in [7, 11) is 1.55. The van der Waals surface area contributed by atoms with Gasteiger partial charge < -0.3 is 29.3 Å². The van der Waals surface area contributed by atoms with Crippen LogP contribution in [-0.4, -0.2) is 39.4 Å². The third kappa shape index (κ3) is 7.59. The third-order valence-electron chi connectivity index (χ3n) is 4.50. The van der Waals surface area contributed by atoms with E-state index in [4.69, 9.17) is 30.2 Å². The number of ether oxygens (including phenoxy) is 3. The van der Waals surface area contributed by atoms with E-state index in [0.717, 1.165) is 11.3 Å². The molecular formula is C25H27ClN2O5. The van der Waals surface area contributed by atoms with Crippen LogP contribution in [0.15, 0.2) is 71.3 Å². The number of nitrogens with one attached hydrogen (secondary N) is 2. The van der Waals surface area contributed by atoms with Gasteiger partial charge in [0.1, 0.15) is 23.9 Å². The van der Waals surface area contributed by atoms with Gasteiger partial charge in [0.05, 0.1) is 20.3 Å². The number of furan rings is 1. The van der Waals surface area contributed by atoms with E-state index in [0.29, 0.717) is 54.3 Å². The molecule has 0 spiro atoms. The lowest BCUT2D eigenvalue weighted by molar-refractivity contribution is 0.0996. The van der Waals surface area contributed by atoms with Gasteiger partial charge in [0.2, 0.25) is 0 Å². The number of halogens is 1. The lowest BCUT2D eigenvalue weighted by Gasteiger charge is -2.12. The molecule has 1 heterocycles. The molecule has 33 heavy (non-hydrogen) atoms. The number of methoxy groups -OCH3 is 1. The second kappa shape index (κ2) is 12.0. The zero-order chi connectivity index (χ0) is 23.6. The summed E-state index contributed by atoms with van der Waals surface area (Å²) in [5.74, 6) is 1.47. The lowest BCUT2D eigenvalue weighted by atomic mass is 10.2. The van der Waals surface area contributed by atoms with Crippen molar-refractivity contribution in [2.24, 2.45) is 0 Å². The molecule has 8 heteroatoms. The number of rotatable bonds is 12. The van der Waals surface area contributed by atoms with Crippen molar-refractivity contribution in [3.05, 3.63) is 77.7 Å². The Hall–Kier alpha value is -3.42. The number of amides is 1. The minimum atomic E-state index is -0.386. The van der Waals surface area contributed by atoms with Gasteiger partial charge in [-0.3, -0.25) is 4.79 Å². The fourth-order valence-electron chi connectivity index (χ4n) is 2.92. The molecule has 1 amide bonds. The number of carbonyl (C=O) groups excluding carboxylic acids is 1. The Morgan fingerprint density at radius 2 is 1.79 bits per heavy atom. The highest BCUT2D eigenvalue weighted by Crippen LogP contribution is 2.28. The van der Waals surface area contributed by atoms with Gasteiger partial charge in [0.15, 0.2) is 5.76 Å². The van der Waals surface area contributed by atoms with Crippen molar-refractivity contribution in [1.29, 1.82) is 0 Å². The molecule has 3 aromatic rings. The maximum absolute atomic E-state index is 12.7. The number of allylic oxidation sites excluding steroid dienone is 1. The molecule has 0 saturated carbocycles. The van der Waals surface area contributed by atoms with E-state index in [1.165, 1.54) is 0 Å². The van der Waals surface area contributed by atoms with Gasteiger partial charge in [-0.25, -0.2) is 0 Å². The number of anilines is 1. The quantitative estimate of drug-likeness (QED) is 0.346. The van der Waals surface area contributed by atoms with Gasteiger partial charge in [-0.05, 0) is 43.3 Å². The van der Waals surface area contributed by atoms with Gasteiger partial charge in [-0.2, -0.15) is 0 Å². The van der Waals surface area contributed by atoms with Crippen LogP contribution in [0.25, 0.3) is 11.3 Å². The summed E-state index contributed by atoms with van der Waals surface area (Å²) in [6.07, 6.45) is 0. The van der Waals surface area contributed by atoms with Crippen molar-refractivity contribution in [2.45, 2.75) is 6.92 Å². The molecule has 2 N–H and O–H groups in total. The molecule has 0 radical (unpaired) electrons. The zero-order valence-corrected chi connectivity index (χ0v) is 19.4. The Labute approximate surface area is 198 Å². The summed E-state index contributed by atoms with van der Waals surface area (Å²) in [6.45, 7) is 7.69. The Kier molecular flexibility index (Phi) is 8.80. The summed E-state index contributed by atoms with van der Waals surface area (Å²) < 4.78 is 22.3. The van der Waals surface area contributed by atoms with Crippen LogP contribution < -0.4 is 20.1 Å². The van der Waals surface area contributed by atoms with Crippen molar-refractivity contribution in [3.63, 3.8) is 0 Å². The molecule has 0 unspecified atom stereocenters. The van der Waals surface area contributed by atoms with Crippen molar-refractivity contribution < 1.29 is 23.4 Å². The van der Waals surface area contributed by atoms with E-state index in [9.17, 15) is 4.79 Å². The molecule has 0 atom stereocenters. The standard InChI is InChI=1S/C25H27ClN2O5/c1-17(2)27-10-11-31-12-13-32-22-15-20(14-21(16-22)30-3)28-25(29)24-9-8-23(33-24)18-4-6-19(26)7-5-18/h4-9,14-16,27H,1,10-13H2,2-3H3,(H,28,29). The summed E-state index contributed by atoms with van der Waals surface area (Å²) in [4.78, 5) is 12.7. The molecule has 2 aromatic carbocycles. The minimum absolute atomic E-state index is 0.182. The first-order valence-corrected chi connectivity index (χ1v) is 10.8.